The third kappa shape index (κ3) is 3.78. The number of hydrogen-bond donors (Lipinski definition) is 1. The number of rotatable bonds is 6. The number of nitrogens with two attached hydrogens (primary N) is 1. The van der Waals surface area contributed by atoms with E-state index in [2.05, 4.69) is 0 Å². The third-order valence-electron chi connectivity index (χ3n) is 3.96. The van der Waals surface area contributed by atoms with Crippen molar-refractivity contribution in [3.63, 3.8) is 0 Å². The maximum Gasteiger partial charge on any atom is 0.243 e. The van der Waals surface area contributed by atoms with Gasteiger partial charge in [-0.15, -0.1) is 0 Å². The number of hydrogen-bond acceptors (Lipinski definition) is 4. The second-order valence-electron chi connectivity index (χ2n) is 5.48. The van der Waals surface area contributed by atoms with Crippen molar-refractivity contribution in [3.05, 3.63) is 24.3 Å². The summed E-state index contributed by atoms with van der Waals surface area (Å²) in [4.78, 5) is 11.5. The summed E-state index contributed by atoms with van der Waals surface area (Å²) < 4.78 is 32.0. The molecule has 0 bridgehead atoms. The van der Waals surface area contributed by atoms with Crippen LogP contribution in [0, 0.1) is 0 Å². The minimum atomic E-state index is -3.74. The van der Waals surface area contributed by atoms with Gasteiger partial charge < -0.3 is 10.5 Å². The summed E-state index contributed by atoms with van der Waals surface area (Å²) in [5, 5.41) is 0. The number of carbonyl (C=O) groups is 1. The lowest BCUT2D eigenvalue weighted by atomic mass is 9.95. The van der Waals surface area contributed by atoms with Gasteiger partial charge in [0.25, 0.3) is 0 Å². The van der Waals surface area contributed by atoms with Crippen molar-refractivity contribution >= 4 is 15.9 Å². The quantitative estimate of drug-likeness (QED) is 0.858. The molecule has 1 saturated carbocycles. The molecule has 0 aromatic heterocycles. The fourth-order valence-electron chi connectivity index (χ4n) is 2.82. The minimum Gasteiger partial charge on any atom is -0.497 e. The molecule has 1 aromatic rings. The van der Waals surface area contributed by atoms with Crippen molar-refractivity contribution in [3.8, 4) is 5.75 Å². The first-order valence-corrected chi connectivity index (χ1v) is 8.83. The van der Waals surface area contributed by atoms with E-state index in [9.17, 15) is 13.2 Å². The van der Waals surface area contributed by atoms with Gasteiger partial charge in [-0.1, -0.05) is 19.3 Å². The molecule has 1 aromatic carbocycles. The zero-order valence-corrected chi connectivity index (χ0v) is 13.5. The first kappa shape index (κ1) is 16.8. The van der Waals surface area contributed by atoms with Crippen LogP contribution < -0.4 is 10.5 Å². The number of primary amides is 1. The highest BCUT2D eigenvalue weighted by Crippen LogP contribution is 2.28. The van der Waals surface area contributed by atoms with E-state index in [4.69, 9.17) is 10.5 Å². The molecular formula is C15H22N2O4S. The van der Waals surface area contributed by atoms with Gasteiger partial charge in [-0.25, -0.2) is 8.42 Å². The number of sulfonamides is 1. The Morgan fingerprint density at radius 2 is 1.82 bits per heavy atom. The Morgan fingerprint density at radius 1 is 1.23 bits per heavy atom. The number of carbonyl (C=O) groups excluding carboxylic acids is 1. The lowest BCUT2D eigenvalue weighted by Gasteiger charge is -2.32. The van der Waals surface area contributed by atoms with Crippen molar-refractivity contribution in [1.29, 1.82) is 0 Å². The summed E-state index contributed by atoms with van der Waals surface area (Å²) in [6.07, 6.45) is 4.57. The van der Waals surface area contributed by atoms with E-state index in [1.165, 1.54) is 23.5 Å². The maximum absolute atomic E-state index is 12.8. The summed E-state index contributed by atoms with van der Waals surface area (Å²) in [6, 6.07) is 6.01. The van der Waals surface area contributed by atoms with Crippen molar-refractivity contribution in [2.24, 2.45) is 5.73 Å². The largest absolute Gasteiger partial charge is 0.497 e. The Kier molecular flexibility index (Phi) is 5.42. The summed E-state index contributed by atoms with van der Waals surface area (Å²) in [6.45, 7) is -0.279. The molecule has 0 unspecified atom stereocenters. The molecule has 0 spiro atoms. The lowest BCUT2D eigenvalue weighted by molar-refractivity contribution is -0.118. The van der Waals surface area contributed by atoms with Crippen LogP contribution in [0.3, 0.4) is 0 Å². The number of methoxy groups -OCH3 is 1. The van der Waals surface area contributed by atoms with E-state index in [0.717, 1.165) is 32.1 Å². The van der Waals surface area contributed by atoms with Gasteiger partial charge in [0.2, 0.25) is 15.9 Å². The molecule has 1 aliphatic rings. The molecule has 0 atom stereocenters. The number of amides is 1. The second kappa shape index (κ2) is 7.11. The molecule has 1 amide bonds. The Balaban J connectivity index is 2.32. The monoisotopic (exact) mass is 326 g/mol. The van der Waals surface area contributed by atoms with Crippen LogP contribution in [-0.4, -0.2) is 38.3 Å². The van der Waals surface area contributed by atoms with Crippen LogP contribution in [0.4, 0.5) is 0 Å². The molecule has 122 valence electrons. The topological polar surface area (TPSA) is 89.7 Å². The standard InChI is InChI=1S/C15H22N2O4S/c1-21-13-7-9-14(10-8-13)22(19,20)17(11-15(16)18)12-5-3-2-4-6-12/h7-10,12H,2-6,11H2,1H3,(H2,16,18). The van der Waals surface area contributed by atoms with E-state index in [0.29, 0.717) is 5.75 Å². The van der Waals surface area contributed by atoms with Crippen molar-refractivity contribution < 1.29 is 17.9 Å². The van der Waals surface area contributed by atoms with Gasteiger partial charge in [0.05, 0.1) is 18.6 Å². The van der Waals surface area contributed by atoms with Gasteiger partial charge in [-0.05, 0) is 37.1 Å². The summed E-state index contributed by atoms with van der Waals surface area (Å²) in [7, 11) is -2.23. The van der Waals surface area contributed by atoms with E-state index in [-0.39, 0.29) is 17.5 Å². The highest BCUT2D eigenvalue weighted by molar-refractivity contribution is 7.89. The van der Waals surface area contributed by atoms with Crippen LogP contribution in [-0.2, 0) is 14.8 Å². The predicted molar refractivity (Wildman–Crippen MR) is 83.0 cm³/mol. The van der Waals surface area contributed by atoms with Gasteiger partial charge in [0.15, 0.2) is 0 Å². The van der Waals surface area contributed by atoms with Crippen LogP contribution in [0.25, 0.3) is 0 Å². The Morgan fingerprint density at radius 3 is 2.32 bits per heavy atom. The molecular weight excluding hydrogens is 304 g/mol. The molecule has 0 saturated heterocycles. The van der Waals surface area contributed by atoms with Crippen molar-refractivity contribution in [2.45, 2.75) is 43.0 Å². The molecule has 6 nitrogen and oxygen atoms in total. The zero-order valence-electron chi connectivity index (χ0n) is 12.7. The molecule has 1 aliphatic carbocycles. The summed E-state index contributed by atoms with van der Waals surface area (Å²) in [5.74, 6) is -0.0549. The SMILES string of the molecule is COc1ccc(S(=O)(=O)N(CC(N)=O)C2CCCCC2)cc1. The second-order valence-corrected chi connectivity index (χ2v) is 7.37. The Hall–Kier alpha value is -1.60. The van der Waals surface area contributed by atoms with Crippen LogP contribution in [0.2, 0.25) is 0 Å². The summed E-state index contributed by atoms with van der Waals surface area (Å²) >= 11 is 0. The fraction of sp³-hybridized carbons (Fsp3) is 0.533. The minimum absolute atomic E-state index is 0.153. The van der Waals surface area contributed by atoms with Crippen LogP contribution in [0.15, 0.2) is 29.2 Å². The molecule has 2 rings (SSSR count). The normalized spacial score (nSPS) is 16.6. The Labute approximate surface area is 131 Å². The number of benzene rings is 1. The highest BCUT2D eigenvalue weighted by atomic mass is 32.2. The van der Waals surface area contributed by atoms with Gasteiger partial charge in [-0.2, -0.15) is 4.31 Å². The van der Waals surface area contributed by atoms with Gasteiger partial charge in [-0.3, -0.25) is 4.79 Å². The van der Waals surface area contributed by atoms with Crippen LogP contribution in [0.1, 0.15) is 32.1 Å². The number of nitrogens with zero attached hydrogens (tertiary/aromatic N) is 1. The van der Waals surface area contributed by atoms with Gasteiger partial charge in [0, 0.05) is 6.04 Å². The maximum atomic E-state index is 12.8. The first-order chi connectivity index (χ1) is 10.4. The van der Waals surface area contributed by atoms with Crippen LogP contribution >= 0.6 is 0 Å². The molecule has 2 N–H and O–H groups in total. The van der Waals surface area contributed by atoms with Gasteiger partial charge in [0.1, 0.15) is 5.75 Å². The molecule has 7 heteroatoms. The molecule has 22 heavy (non-hydrogen) atoms. The molecule has 0 aliphatic heterocycles. The predicted octanol–water partition coefficient (Wildman–Crippen LogP) is 1.50. The average molecular weight is 326 g/mol. The average Bonchev–Trinajstić information content (AvgIpc) is 2.53. The fourth-order valence-corrected chi connectivity index (χ4v) is 4.47. The van der Waals surface area contributed by atoms with E-state index in [1.807, 2.05) is 0 Å². The lowest BCUT2D eigenvalue weighted by Crippen LogP contribution is -2.45. The van der Waals surface area contributed by atoms with Gasteiger partial charge >= 0.3 is 0 Å². The smallest absolute Gasteiger partial charge is 0.243 e. The first-order valence-electron chi connectivity index (χ1n) is 7.39. The van der Waals surface area contributed by atoms with E-state index in [1.54, 1.807) is 12.1 Å². The van der Waals surface area contributed by atoms with E-state index >= 15 is 0 Å². The molecule has 0 heterocycles. The molecule has 0 radical (unpaired) electrons. The third-order valence-corrected chi connectivity index (χ3v) is 5.87. The number of ether oxygens (including phenoxy) is 1. The zero-order chi connectivity index (χ0) is 16.2. The van der Waals surface area contributed by atoms with E-state index < -0.39 is 15.9 Å². The summed E-state index contributed by atoms with van der Waals surface area (Å²) in [5.41, 5.74) is 5.26. The van der Waals surface area contributed by atoms with Crippen LogP contribution in [0.5, 0.6) is 5.75 Å². The highest BCUT2D eigenvalue weighted by Gasteiger charge is 2.33. The molecule has 1 fully saturated rings. The van der Waals surface area contributed by atoms with Crippen molar-refractivity contribution in [1.82, 2.24) is 4.31 Å². The van der Waals surface area contributed by atoms with Crippen molar-refractivity contribution in [2.75, 3.05) is 13.7 Å². The Bertz CT molecular complexity index is 607.